The molecule has 6 rings (SSSR count). The van der Waals surface area contributed by atoms with E-state index in [4.69, 9.17) is 10.5 Å². The number of carbonyl (C=O) groups is 3. The van der Waals surface area contributed by atoms with E-state index in [9.17, 15) is 42.9 Å². The summed E-state index contributed by atoms with van der Waals surface area (Å²) in [5, 5.41) is 34.4. The van der Waals surface area contributed by atoms with Crippen molar-refractivity contribution in [3.8, 4) is 16.9 Å². The Labute approximate surface area is 268 Å². The van der Waals surface area contributed by atoms with Crippen LogP contribution >= 0.6 is 0 Å². The second-order valence-corrected chi connectivity index (χ2v) is 12.3. The molecule has 3 aliphatic rings. The van der Waals surface area contributed by atoms with Crippen LogP contribution in [0, 0.1) is 11.8 Å². The summed E-state index contributed by atoms with van der Waals surface area (Å²) in [5.74, 6) is -6.65. The van der Waals surface area contributed by atoms with Gasteiger partial charge in [0.25, 0.3) is 5.91 Å². The van der Waals surface area contributed by atoms with Crippen LogP contribution in [-0.4, -0.2) is 63.4 Å². The number of halogens is 3. The molecule has 0 bridgehead atoms. The molecule has 3 aliphatic carbocycles. The number of carbonyl (C=O) groups excluding carboxylic acids is 3. The Bertz CT molecular complexity index is 1870. The average molecular weight is 651 g/mol. The van der Waals surface area contributed by atoms with Gasteiger partial charge in [0.1, 0.15) is 29.4 Å². The number of Topliss-reactive ketones (excluding diaryl/α,β-unsaturated/α-hetero) is 2. The number of rotatable bonds is 6. The minimum Gasteiger partial charge on any atom is -0.507 e. The molecule has 1 saturated carbocycles. The van der Waals surface area contributed by atoms with Gasteiger partial charge < -0.3 is 25.8 Å². The number of likely N-dealkylation sites (N-methyl/N-ethyl adjacent to an activating group) is 1. The van der Waals surface area contributed by atoms with Crippen molar-refractivity contribution in [2.75, 3.05) is 14.1 Å². The number of aliphatic hydroxyl groups excluding tert-OH is 1. The monoisotopic (exact) mass is 650 g/mol. The lowest BCUT2D eigenvalue weighted by molar-refractivity contribution is -0.162. The number of hydrogen-bond donors (Lipinski definition) is 4. The number of phenols is 1. The molecule has 9 nitrogen and oxygen atoms in total. The van der Waals surface area contributed by atoms with Gasteiger partial charge in [0.2, 0.25) is 11.6 Å². The van der Waals surface area contributed by atoms with E-state index in [0.717, 1.165) is 17.7 Å². The maximum atomic E-state index is 14.3. The van der Waals surface area contributed by atoms with Gasteiger partial charge in [-0.1, -0.05) is 48.5 Å². The topological polar surface area (TPSA) is 150 Å². The van der Waals surface area contributed by atoms with E-state index in [2.05, 4.69) is 0 Å². The van der Waals surface area contributed by atoms with Crippen molar-refractivity contribution in [3.05, 3.63) is 106 Å². The molecule has 3 aromatic carbocycles. The second-order valence-electron chi connectivity index (χ2n) is 12.3. The standard InChI is InChI=1S/C35H31F3N2O7.H2/c1-40(2)28-23-15-19-14-22-21(18-8-10-20(11-9-18)35(36,37)38)12-13-24(41)26(22)29(42)25(19)31(43)34(23,46)32(44)27(33(39)45)30(28)47-16-17-6-4-3-5-7-17;/h3-13,19,23,28,41-42,46H,14-16H2,1-2H3,(H2,39,45);1H/t19?,23-,28-,34-;/m0./s1. The number of benzene rings is 3. The van der Waals surface area contributed by atoms with E-state index in [1.54, 1.807) is 43.3 Å². The molecule has 0 spiro atoms. The molecule has 3 aromatic rings. The molecule has 5 N–H and O–H groups in total. The number of amides is 1. The van der Waals surface area contributed by atoms with Gasteiger partial charge in [0.05, 0.1) is 17.2 Å². The van der Waals surface area contributed by atoms with Crippen LogP contribution in [-0.2, 0) is 38.3 Å². The summed E-state index contributed by atoms with van der Waals surface area (Å²) in [6, 6.07) is 15.1. The van der Waals surface area contributed by atoms with Gasteiger partial charge in [0.15, 0.2) is 5.60 Å². The Kier molecular flexibility index (Phi) is 7.76. The lowest BCUT2D eigenvalue weighted by atomic mass is 9.57. The third-order valence-electron chi connectivity index (χ3n) is 9.34. The fourth-order valence-corrected chi connectivity index (χ4v) is 7.22. The Morgan fingerprint density at radius 3 is 2.28 bits per heavy atom. The molecule has 4 atom stereocenters. The van der Waals surface area contributed by atoms with Crippen LogP contribution in [0.4, 0.5) is 13.2 Å². The van der Waals surface area contributed by atoms with Gasteiger partial charge >= 0.3 is 6.18 Å². The number of nitrogens with zero attached hydrogens (tertiary/aromatic N) is 1. The zero-order valence-electron chi connectivity index (χ0n) is 25.3. The molecular formula is C35H33F3N2O7. The quantitative estimate of drug-likeness (QED) is 0.224. The number of aliphatic hydroxyl groups is 2. The SMILES string of the molecule is CN(C)[C@@H]1C(OCc2ccccc2)=C(C(N)=O)C(=O)[C@@]2(O)C(=O)C3=C(O)c4c(O)ccc(-c5ccc(C(F)(F)F)cc5)c4CC3C[C@@H]12.[HH]. The van der Waals surface area contributed by atoms with E-state index in [-0.39, 0.29) is 37.8 Å². The van der Waals surface area contributed by atoms with Gasteiger partial charge in [0, 0.05) is 12.9 Å². The van der Waals surface area contributed by atoms with E-state index in [0.29, 0.717) is 16.7 Å². The Morgan fingerprint density at radius 1 is 1.02 bits per heavy atom. The van der Waals surface area contributed by atoms with Crippen LogP contribution in [0.25, 0.3) is 16.9 Å². The smallest absolute Gasteiger partial charge is 0.416 e. The maximum absolute atomic E-state index is 14.3. The number of primary amides is 1. The van der Waals surface area contributed by atoms with Crippen molar-refractivity contribution in [3.63, 3.8) is 0 Å². The summed E-state index contributed by atoms with van der Waals surface area (Å²) < 4.78 is 45.8. The number of alkyl halides is 3. The molecule has 12 heteroatoms. The van der Waals surface area contributed by atoms with Crippen LogP contribution < -0.4 is 5.73 Å². The maximum Gasteiger partial charge on any atom is 0.416 e. The molecule has 0 saturated heterocycles. The molecule has 1 amide bonds. The van der Waals surface area contributed by atoms with Gasteiger partial charge in [-0.3, -0.25) is 19.3 Å². The van der Waals surface area contributed by atoms with Crippen LogP contribution in [0.15, 0.2) is 83.6 Å². The second kappa shape index (κ2) is 11.4. The Morgan fingerprint density at radius 2 is 1.68 bits per heavy atom. The zero-order chi connectivity index (χ0) is 34.0. The third kappa shape index (κ3) is 5.08. The van der Waals surface area contributed by atoms with Gasteiger partial charge in [-0.15, -0.1) is 0 Å². The van der Waals surface area contributed by atoms with Gasteiger partial charge in [-0.2, -0.15) is 13.2 Å². The molecule has 47 heavy (non-hydrogen) atoms. The summed E-state index contributed by atoms with van der Waals surface area (Å²) in [4.78, 5) is 42.6. The van der Waals surface area contributed by atoms with Crippen LogP contribution in [0.5, 0.6) is 5.75 Å². The van der Waals surface area contributed by atoms with Crippen LogP contribution in [0.2, 0.25) is 0 Å². The van der Waals surface area contributed by atoms with E-state index in [1.165, 1.54) is 24.3 Å². The van der Waals surface area contributed by atoms with Crippen molar-refractivity contribution in [2.24, 2.45) is 17.6 Å². The number of hydrogen-bond acceptors (Lipinski definition) is 8. The van der Waals surface area contributed by atoms with E-state index >= 15 is 0 Å². The zero-order valence-corrected chi connectivity index (χ0v) is 25.3. The highest BCUT2D eigenvalue weighted by molar-refractivity contribution is 6.33. The Balaban J connectivity index is 0.00000451. The van der Waals surface area contributed by atoms with Crippen molar-refractivity contribution in [1.82, 2.24) is 4.90 Å². The highest BCUT2D eigenvalue weighted by Gasteiger charge is 2.65. The van der Waals surface area contributed by atoms with Gasteiger partial charge in [-0.05, 0) is 73.3 Å². The summed E-state index contributed by atoms with van der Waals surface area (Å²) in [6.07, 6.45) is -4.55. The predicted molar refractivity (Wildman–Crippen MR) is 165 cm³/mol. The molecular weight excluding hydrogens is 617 g/mol. The summed E-state index contributed by atoms with van der Waals surface area (Å²) in [6.45, 7) is -0.0395. The Hall–Kier alpha value is -4.94. The van der Waals surface area contributed by atoms with Crippen molar-refractivity contribution >= 4 is 23.2 Å². The minimum absolute atomic E-state index is 0. The highest BCUT2D eigenvalue weighted by atomic mass is 19.4. The molecule has 0 heterocycles. The fraction of sp³-hybridized carbons (Fsp3) is 0.286. The van der Waals surface area contributed by atoms with E-state index in [1.807, 2.05) is 6.07 Å². The number of ether oxygens (including phenoxy) is 1. The average Bonchev–Trinajstić information content (AvgIpc) is 3.01. The largest absolute Gasteiger partial charge is 0.507 e. The van der Waals surface area contributed by atoms with E-state index < -0.39 is 69.8 Å². The molecule has 0 radical (unpaired) electrons. The van der Waals surface area contributed by atoms with Crippen LogP contribution in [0.3, 0.4) is 0 Å². The van der Waals surface area contributed by atoms with Crippen molar-refractivity contribution in [2.45, 2.75) is 37.3 Å². The third-order valence-corrected chi connectivity index (χ3v) is 9.34. The van der Waals surface area contributed by atoms with Crippen molar-refractivity contribution < 1.29 is 49.0 Å². The fourth-order valence-electron chi connectivity index (χ4n) is 7.22. The molecule has 0 aromatic heterocycles. The summed E-state index contributed by atoms with van der Waals surface area (Å²) >= 11 is 0. The number of phenolic OH excluding ortho intramolecular Hbond substituents is 1. The first-order valence-electron chi connectivity index (χ1n) is 14.8. The normalized spacial score (nSPS) is 24.2. The lowest BCUT2D eigenvalue weighted by Crippen LogP contribution is -2.67. The van der Waals surface area contributed by atoms with Crippen molar-refractivity contribution in [1.29, 1.82) is 0 Å². The predicted octanol–water partition coefficient (Wildman–Crippen LogP) is 4.55. The molecule has 1 unspecified atom stereocenters. The molecule has 0 aliphatic heterocycles. The molecule has 246 valence electrons. The van der Waals surface area contributed by atoms with Gasteiger partial charge in [-0.25, -0.2) is 0 Å². The number of nitrogens with two attached hydrogens (primary N) is 1. The number of ketones is 2. The first-order chi connectivity index (χ1) is 22.2. The molecule has 1 fully saturated rings. The van der Waals surface area contributed by atoms with Crippen LogP contribution in [0.1, 0.15) is 30.1 Å². The lowest BCUT2D eigenvalue weighted by Gasteiger charge is -2.50. The summed E-state index contributed by atoms with van der Waals surface area (Å²) in [7, 11) is 3.27. The minimum atomic E-state index is -4.55. The first-order valence-corrected chi connectivity index (χ1v) is 14.8. The summed E-state index contributed by atoms with van der Waals surface area (Å²) in [5.41, 5.74) is 2.85. The number of aromatic hydroxyl groups is 1. The first kappa shape index (κ1) is 32.0. The number of fused-ring (bicyclic) bond motifs is 3. The highest BCUT2D eigenvalue weighted by Crippen LogP contribution is 2.53.